The van der Waals surface area contributed by atoms with E-state index in [1.54, 1.807) is 12.4 Å². The average Bonchev–Trinajstić information content (AvgIpc) is 3.50. The lowest BCUT2D eigenvalue weighted by Gasteiger charge is -2.36. The Balaban J connectivity index is 1.33. The minimum absolute atomic E-state index is 0.0756. The molecule has 6 heteroatoms. The first-order valence-corrected chi connectivity index (χ1v) is 9.30. The fourth-order valence-electron chi connectivity index (χ4n) is 3.37. The second kappa shape index (κ2) is 6.94. The molecule has 2 aromatic rings. The lowest BCUT2D eigenvalue weighted by atomic mass is 10.1. The van der Waals surface area contributed by atoms with Crippen LogP contribution >= 0.6 is 0 Å². The molecule has 0 radical (unpaired) electrons. The molecule has 4 rings (SSSR count). The van der Waals surface area contributed by atoms with Crippen LogP contribution in [0.15, 0.2) is 30.6 Å². The lowest BCUT2D eigenvalue weighted by molar-refractivity contribution is 0.208. The second-order valence-corrected chi connectivity index (χ2v) is 7.30. The molecule has 6 nitrogen and oxygen atoms in total. The van der Waals surface area contributed by atoms with Gasteiger partial charge < -0.3 is 15.1 Å². The zero-order valence-corrected chi connectivity index (χ0v) is 15.4. The van der Waals surface area contributed by atoms with Crippen LogP contribution < -0.4 is 10.2 Å². The summed E-state index contributed by atoms with van der Waals surface area (Å²) in [5.74, 6) is 1.42. The number of benzene rings is 1. The zero-order chi connectivity index (χ0) is 18.1. The monoisotopic (exact) mass is 351 g/mol. The first kappa shape index (κ1) is 16.8. The summed E-state index contributed by atoms with van der Waals surface area (Å²) in [6.07, 6.45) is 5.78. The molecule has 1 N–H and O–H groups in total. The molecular weight excluding hydrogens is 326 g/mol. The first-order chi connectivity index (χ1) is 12.6. The van der Waals surface area contributed by atoms with E-state index in [1.807, 2.05) is 4.90 Å². The van der Waals surface area contributed by atoms with Crippen LogP contribution in [-0.2, 0) is 0 Å². The van der Waals surface area contributed by atoms with Crippen LogP contribution in [0.2, 0.25) is 0 Å². The van der Waals surface area contributed by atoms with Crippen LogP contribution in [0.1, 0.15) is 35.7 Å². The summed E-state index contributed by atoms with van der Waals surface area (Å²) in [4.78, 5) is 25.4. The minimum atomic E-state index is -0.0756. The molecule has 2 aliphatic rings. The summed E-state index contributed by atoms with van der Waals surface area (Å²) in [6.45, 7) is 7.35. The van der Waals surface area contributed by atoms with E-state index >= 15 is 0 Å². The third-order valence-electron chi connectivity index (χ3n) is 5.14. The van der Waals surface area contributed by atoms with Crippen LogP contribution in [0.4, 0.5) is 16.2 Å². The first-order valence-electron chi connectivity index (χ1n) is 9.30. The molecule has 2 fully saturated rings. The molecule has 1 aliphatic carbocycles. The Hall–Kier alpha value is -2.63. The van der Waals surface area contributed by atoms with Crippen LogP contribution in [0.25, 0.3) is 0 Å². The molecule has 2 heterocycles. The number of aromatic nitrogens is 2. The molecule has 26 heavy (non-hydrogen) atoms. The van der Waals surface area contributed by atoms with E-state index in [9.17, 15) is 4.79 Å². The lowest BCUT2D eigenvalue weighted by Crippen LogP contribution is -2.50. The van der Waals surface area contributed by atoms with E-state index in [0.717, 1.165) is 18.9 Å². The van der Waals surface area contributed by atoms with E-state index < -0.39 is 0 Å². The molecule has 1 saturated carbocycles. The van der Waals surface area contributed by atoms with Gasteiger partial charge in [-0.15, -0.1) is 0 Å². The molecule has 1 aromatic heterocycles. The number of urea groups is 1. The number of hydrogen-bond donors (Lipinski definition) is 1. The predicted octanol–water partition coefficient (Wildman–Crippen LogP) is 3.32. The number of nitrogens with one attached hydrogen (secondary N) is 1. The predicted molar refractivity (Wildman–Crippen MR) is 103 cm³/mol. The highest BCUT2D eigenvalue weighted by Gasteiger charge is 2.26. The number of anilines is 2. The Bertz CT molecular complexity index is 792. The van der Waals surface area contributed by atoms with Crippen molar-refractivity contribution in [1.29, 1.82) is 0 Å². The number of piperazine rings is 1. The Kier molecular flexibility index (Phi) is 4.49. The van der Waals surface area contributed by atoms with Gasteiger partial charge >= 0.3 is 6.03 Å². The van der Waals surface area contributed by atoms with E-state index in [2.05, 4.69) is 52.2 Å². The Labute approximate surface area is 154 Å². The van der Waals surface area contributed by atoms with Gasteiger partial charge in [0.05, 0.1) is 18.1 Å². The molecule has 0 unspecified atom stereocenters. The molecule has 0 spiro atoms. The van der Waals surface area contributed by atoms with Crippen molar-refractivity contribution in [3.05, 3.63) is 47.5 Å². The average molecular weight is 351 g/mol. The minimum Gasteiger partial charge on any atom is -0.368 e. The molecule has 1 saturated heterocycles. The van der Waals surface area contributed by atoms with Gasteiger partial charge in [0.2, 0.25) is 0 Å². The van der Waals surface area contributed by atoms with Crippen LogP contribution in [-0.4, -0.2) is 47.1 Å². The van der Waals surface area contributed by atoms with Crippen molar-refractivity contribution in [2.75, 3.05) is 36.4 Å². The maximum absolute atomic E-state index is 12.5. The number of carbonyl (C=O) groups excluding carboxylic acids is 1. The topological polar surface area (TPSA) is 61.4 Å². The summed E-state index contributed by atoms with van der Waals surface area (Å²) in [6, 6.07) is 6.45. The summed E-state index contributed by atoms with van der Waals surface area (Å²) >= 11 is 0. The number of hydrogen-bond acceptors (Lipinski definition) is 4. The normalized spacial score (nSPS) is 17.3. The van der Waals surface area contributed by atoms with Crippen molar-refractivity contribution in [2.24, 2.45) is 0 Å². The van der Waals surface area contributed by atoms with Gasteiger partial charge in [0.15, 0.2) is 0 Å². The van der Waals surface area contributed by atoms with Crippen molar-refractivity contribution >= 4 is 17.4 Å². The van der Waals surface area contributed by atoms with Gasteiger partial charge in [-0.25, -0.2) is 14.8 Å². The Morgan fingerprint density at radius 2 is 1.77 bits per heavy atom. The molecule has 1 aromatic carbocycles. The maximum Gasteiger partial charge on any atom is 0.322 e. The molecule has 0 atom stereocenters. The van der Waals surface area contributed by atoms with Crippen LogP contribution in [0, 0.1) is 13.8 Å². The van der Waals surface area contributed by atoms with Gasteiger partial charge in [-0.1, -0.05) is 12.1 Å². The highest BCUT2D eigenvalue weighted by molar-refractivity contribution is 5.89. The van der Waals surface area contributed by atoms with Gasteiger partial charge in [-0.3, -0.25) is 0 Å². The van der Waals surface area contributed by atoms with Gasteiger partial charge in [0.25, 0.3) is 0 Å². The SMILES string of the molecule is Cc1ccc(C)c(N2CCN(C(=O)Nc3cnc(C4CC4)nc3)CC2)c1. The van der Waals surface area contributed by atoms with E-state index in [4.69, 9.17) is 0 Å². The van der Waals surface area contributed by atoms with E-state index in [0.29, 0.717) is 24.7 Å². The number of amides is 2. The van der Waals surface area contributed by atoms with Crippen molar-refractivity contribution in [2.45, 2.75) is 32.6 Å². The highest BCUT2D eigenvalue weighted by atomic mass is 16.2. The van der Waals surface area contributed by atoms with Gasteiger partial charge in [-0.2, -0.15) is 0 Å². The molecule has 2 amide bonds. The largest absolute Gasteiger partial charge is 0.368 e. The Morgan fingerprint density at radius 3 is 2.42 bits per heavy atom. The molecule has 136 valence electrons. The number of carbonyl (C=O) groups is 1. The fraction of sp³-hybridized carbons (Fsp3) is 0.450. The van der Waals surface area contributed by atoms with Crippen LogP contribution in [0.3, 0.4) is 0 Å². The third-order valence-corrected chi connectivity index (χ3v) is 5.14. The third kappa shape index (κ3) is 3.64. The summed E-state index contributed by atoms with van der Waals surface area (Å²) < 4.78 is 0. The molecule has 0 bridgehead atoms. The summed E-state index contributed by atoms with van der Waals surface area (Å²) in [5, 5.41) is 2.92. The van der Waals surface area contributed by atoms with Gasteiger partial charge in [-0.05, 0) is 43.9 Å². The van der Waals surface area contributed by atoms with Crippen molar-refractivity contribution in [3.8, 4) is 0 Å². The van der Waals surface area contributed by atoms with Crippen molar-refractivity contribution in [3.63, 3.8) is 0 Å². The quantitative estimate of drug-likeness (QED) is 0.921. The second-order valence-electron chi connectivity index (χ2n) is 7.30. The molecule has 1 aliphatic heterocycles. The van der Waals surface area contributed by atoms with Crippen LogP contribution in [0.5, 0.6) is 0 Å². The zero-order valence-electron chi connectivity index (χ0n) is 15.4. The van der Waals surface area contributed by atoms with E-state index in [1.165, 1.54) is 29.7 Å². The van der Waals surface area contributed by atoms with Gasteiger partial charge in [0, 0.05) is 37.8 Å². The smallest absolute Gasteiger partial charge is 0.322 e. The van der Waals surface area contributed by atoms with E-state index in [-0.39, 0.29) is 6.03 Å². The fourth-order valence-corrected chi connectivity index (χ4v) is 3.37. The summed E-state index contributed by atoms with van der Waals surface area (Å²) in [7, 11) is 0. The number of nitrogens with zero attached hydrogens (tertiary/aromatic N) is 4. The summed E-state index contributed by atoms with van der Waals surface area (Å²) in [5.41, 5.74) is 4.48. The van der Waals surface area contributed by atoms with Crippen molar-refractivity contribution < 1.29 is 4.79 Å². The Morgan fingerprint density at radius 1 is 1.08 bits per heavy atom. The van der Waals surface area contributed by atoms with Crippen molar-refractivity contribution in [1.82, 2.24) is 14.9 Å². The number of aryl methyl sites for hydroxylation is 2. The molecular formula is C20H25N5O. The maximum atomic E-state index is 12.5. The standard InChI is InChI=1S/C20H25N5O/c1-14-3-4-15(2)18(11-14)24-7-9-25(10-8-24)20(26)23-17-12-21-19(22-13-17)16-5-6-16/h3-4,11-13,16H,5-10H2,1-2H3,(H,23,26). The number of rotatable bonds is 3. The highest BCUT2D eigenvalue weighted by Crippen LogP contribution is 2.37. The van der Waals surface area contributed by atoms with Gasteiger partial charge in [0.1, 0.15) is 5.82 Å².